The van der Waals surface area contributed by atoms with E-state index in [1.54, 1.807) is 6.92 Å². The van der Waals surface area contributed by atoms with Crippen molar-refractivity contribution in [2.24, 2.45) is 17.8 Å². The van der Waals surface area contributed by atoms with Gasteiger partial charge in [-0.3, -0.25) is 14.4 Å². The number of ether oxygens (including phenoxy) is 1. The van der Waals surface area contributed by atoms with Crippen molar-refractivity contribution in [2.45, 2.75) is 38.5 Å². The zero-order valence-electron chi connectivity index (χ0n) is 14.6. The van der Waals surface area contributed by atoms with Crippen LogP contribution in [0.25, 0.3) is 0 Å². The van der Waals surface area contributed by atoms with E-state index in [0.29, 0.717) is 25.2 Å². The molecule has 5 nitrogen and oxygen atoms in total. The highest BCUT2D eigenvalue weighted by Crippen LogP contribution is 2.42. The van der Waals surface area contributed by atoms with E-state index >= 15 is 0 Å². The van der Waals surface area contributed by atoms with E-state index in [-0.39, 0.29) is 36.2 Å². The van der Waals surface area contributed by atoms with Crippen LogP contribution in [-0.4, -0.2) is 30.8 Å². The maximum Gasteiger partial charge on any atom is 0.315 e. The van der Waals surface area contributed by atoms with Gasteiger partial charge < -0.3 is 10.1 Å². The molecule has 1 N–H and O–H groups in total. The summed E-state index contributed by atoms with van der Waals surface area (Å²) in [6.07, 6.45) is 3.14. The second-order valence-electron chi connectivity index (χ2n) is 7.00. The van der Waals surface area contributed by atoms with Gasteiger partial charge in [0, 0.05) is 24.3 Å². The van der Waals surface area contributed by atoms with Gasteiger partial charge in [0.25, 0.3) is 0 Å². The topological polar surface area (TPSA) is 72.5 Å². The van der Waals surface area contributed by atoms with Crippen LogP contribution >= 0.6 is 0 Å². The second-order valence-corrected chi connectivity index (χ2v) is 7.00. The summed E-state index contributed by atoms with van der Waals surface area (Å²) in [4.78, 5) is 36.8. The zero-order chi connectivity index (χ0) is 17.8. The van der Waals surface area contributed by atoms with E-state index in [2.05, 4.69) is 5.32 Å². The van der Waals surface area contributed by atoms with Crippen LogP contribution in [0.4, 0.5) is 0 Å². The number of carbonyl (C=O) groups excluding carboxylic acids is 3. The Morgan fingerprint density at radius 2 is 1.80 bits per heavy atom. The molecule has 0 radical (unpaired) electrons. The first kappa shape index (κ1) is 17.6. The van der Waals surface area contributed by atoms with Crippen LogP contribution in [0.15, 0.2) is 30.3 Å². The molecule has 0 aromatic heterocycles. The first-order chi connectivity index (χ1) is 12.1. The Kier molecular flexibility index (Phi) is 5.51. The number of rotatable bonds is 6. The predicted octanol–water partition coefficient (Wildman–Crippen LogP) is 2.45. The smallest absolute Gasteiger partial charge is 0.315 e. The summed E-state index contributed by atoms with van der Waals surface area (Å²) in [5.74, 6) is -0.532. The van der Waals surface area contributed by atoms with E-state index in [0.717, 1.165) is 18.4 Å². The van der Waals surface area contributed by atoms with Crippen molar-refractivity contribution in [3.63, 3.8) is 0 Å². The van der Waals surface area contributed by atoms with Gasteiger partial charge in [-0.1, -0.05) is 30.3 Å². The summed E-state index contributed by atoms with van der Waals surface area (Å²) >= 11 is 0. The van der Waals surface area contributed by atoms with Gasteiger partial charge >= 0.3 is 5.97 Å². The molecule has 0 heterocycles. The monoisotopic (exact) mass is 343 g/mol. The number of amides is 1. The van der Waals surface area contributed by atoms with E-state index < -0.39 is 5.92 Å². The molecule has 5 heteroatoms. The number of carbonyl (C=O) groups is 3. The average Bonchev–Trinajstić information content (AvgIpc) is 2.84. The maximum absolute atomic E-state index is 12.6. The summed E-state index contributed by atoms with van der Waals surface area (Å²) in [5.41, 5.74) is 0.833. The summed E-state index contributed by atoms with van der Waals surface area (Å²) in [6.45, 7) is 2.30. The number of benzene rings is 1. The van der Waals surface area contributed by atoms with E-state index in [1.807, 2.05) is 30.3 Å². The fourth-order valence-electron chi connectivity index (χ4n) is 4.10. The fourth-order valence-corrected chi connectivity index (χ4v) is 4.10. The highest BCUT2D eigenvalue weighted by Gasteiger charge is 2.43. The van der Waals surface area contributed by atoms with Gasteiger partial charge in [-0.05, 0) is 38.2 Å². The summed E-state index contributed by atoms with van der Waals surface area (Å²) in [5, 5.41) is 2.92. The van der Waals surface area contributed by atoms with Crippen LogP contribution in [0, 0.1) is 17.8 Å². The lowest BCUT2D eigenvalue weighted by Gasteiger charge is -2.26. The third kappa shape index (κ3) is 3.91. The Balaban J connectivity index is 1.62. The van der Waals surface area contributed by atoms with Crippen LogP contribution in [0.1, 0.15) is 44.1 Å². The predicted molar refractivity (Wildman–Crippen MR) is 92.8 cm³/mol. The average molecular weight is 343 g/mol. The molecule has 4 atom stereocenters. The van der Waals surface area contributed by atoms with Crippen LogP contribution in [0.2, 0.25) is 0 Å². The van der Waals surface area contributed by atoms with Gasteiger partial charge in [0.15, 0.2) is 0 Å². The molecule has 2 saturated carbocycles. The third-order valence-electron chi connectivity index (χ3n) is 5.43. The minimum Gasteiger partial charge on any atom is -0.465 e. The van der Waals surface area contributed by atoms with Gasteiger partial charge in [0.1, 0.15) is 5.78 Å². The Hall–Kier alpha value is -2.17. The maximum atomic E-state index is 12.6. The Bertz CT molecular complexity index is 626. The number of Topliss-reactive ketones (excluding diaryl/α,β-unsaturated/α-hetero) is 1. The molecule has 3 rings (SSSR count). The SMILES string of the molecule is CCOC(=O)[C@H](CNC(=O)C1C[C@H]2CC[C@@H](C1)C2=O)c1ccccc1. The summed E-state index contributed by atoms with van der Waals surface area (Å²) in [6, 6.07) is 9.36. The van der Waals surface area contributed by atoms with Gasteiger partial charge in [-0.25, -0.2) is 0 Å². The van der Waals surface area contributed by atoms with Crippen LogP contribution in [-0.2, 0) is 19.1 Å². The largest absolute Gasteiger partial charge is 0.465 e. The number of ketones is 1. The van der Waals surface area contributed by atoms with E-state index in [9.17, 15) is 14.4 Å². The fraction of sp³-hybridized carbons (Fsp3) is 0.550. The minimum absolute atomic E-state index is 0.0466. The van der Waals surface area contributed by atoms with Gasteiger partial charge in [-0.15, -0.1) is 0 Å². The van der Waals surface area contributed by atoms with Crippen molar-refractivity contribution >= 4 is 17.7 Å². The molecule has 1 aromatic rings. The highest BCUT2D eigenvalue weighted by molar-refractivity contribution is 5.89. The molecule has 0 saturated heterocycles. The minimum atomic E-state index is -0.507. The number of esters is 1. The quantitative estimate of drug-likeness (QED) is 0.805. The van der Waals surface area contributed by atoms with Gasteiger partial charge in [0.05, 0.1) is 12.5 Å². The van der Waals surface area contributed by atoms with Crippen LogP contribution < -0.4 is 5.32 Å². The molecule has 134 valence electrons. The molecule has 1 aromatic carbocycles. The third-order valence-corrected chi connectivity index (χ3v) is 5.43. The van der Waals surface area contributed by atoms with Crippen molar-refractivity contribution in [1.82, 2.24) is 5.32 Å². The van der Waals surface area contributed by atoms with Gasteiger partial charge in [0.2, 0.25) is 5.91 Å². The van der Waals surface area contributed by atoms with Crippen molar-refractivity contribution in [3.05, 3.63) is 35.9 Å². The number of hydrogen-bond acceptors (Lipinski definition) is 4. The molecular weight excluding hydrogens is 318 g/mol. The molecule has 1 unspecified atom stereocenters. The van der Waals surface area contributed by atoms with Crippen molar-refractivity contribution in [2.75, 3.05) is 13.2 Å². The van der Waals surface area contributed by atoms with Crippen molar-refractivity contribution in [1.29, 1.82) is 0 Å². The lowest BCUT2D eigenvalue weighted by atomic mass is 9.79. The first-order valence-electron chi connectivity index (χ1n) is 9.13. The molecule has 2 aliphatic rings. The van der Waals surface area contributed by atoms with E-state index in [4.69, 9.17) is 4.74 Å². The highest BCUT2D eigenvalue weighted by atomic mass is 16.5. The first-order valence-corrected chi connectivity index (χ1v) is 9.13. The Morgan fingerprint density at radius 1 is 1.16 bits per heavy atom. The second kappa shape index (κ2) is 7.81. The number of fused-ring (bicyclic) bond motifs is 2. The zero-order valence-corrected chi connectivity index (χ0v) is 14.6. The molecule has 2 fully saturated rings. The Morgan fingerprint density at radius 3 is 2.40 bits per heavy atom. The molecule has 1 amide bonds. The molecule has 0 aliphatic heterocycles. The molecule has 2 aliphatic carbocycles. The number of hydrogen-bond donors (Lipinski definition) is 1. The standard InChI is InChI=1S/C20H25NO4/c1-2-25-20(24)17(13-6-4-3-5-7-13)12-21-19(23)16-10-14-8-9-15(11-16)18(14)22/h3-7,14-17H,2,8-12H2,1H3,(H,21,23)/t14-,15+,16?,17-/m1/s1. The van der Waals surface area contributed by atoms with E-state index in [1.165, 1.54) is 0 Å². The number of nitrogens with one attached hydrogen (secondary N) is 1. The summed E-state index contributed by atoms with van der Waals surface area (Å²) < 4.78 is 5.16. The molecular formula is C20H25NO4. The molecule has 25 heavy (non-hydrogen) atoms. The van der Waals surface area contributed by atoms with Crippen molar-refractivity contribution in [3.8, 4) is 0 Å². The Labute approximate surface area is 148 Å². The van der Waals surface area contributed by atoms with Crippen LogP contribution in [0.5, 0.6) is 0 Å². The van der Waals surface area contributed by atoms with Crippen LogP contribution in [0.3, 0.4) is 0 Å². The lowest BCUT2D eigenvalue weighted by molar-refractivity contribution is -0.145. The van der Waals surface area contributed by atoms with Gasteiger partial charge in [-0.2, -0.15) is 0 Å². The molecule has 2 bridgehead atoms. The van der Waals surface area contributed by atoms with Crippen molar-refractivity contribution < 1.29 is 19.1 Å². The lowest BCUT2D eigenvalue weighted by Crippen LogP contribution is -2.40. The molecule has 0 spiro atoms. The normalized spacial score (nSPS) is 26.1. The summed E-state index contributed by atoms with van der Waals surface area (Å²) in [7, 11) is 0.